The van der Waals surface area contributed by atoms with Crippen LogP contribution >= 0.6 is 0 Å². The highest BCUT2D eigenvalue weighted by atomic mass is 15.0. The van der Waals surface area contributed by atoms with E-state index in [1.54, 1.807) is 0 Å². The molecule has 13 aromatic carbocycles. The molecule has 382 valence electrons. The van der Waals surface area contributed by atoms with Crippen LogP contribution in [0.5, 0.6) is 0 Å². The largest absolute Gasteiger partial charge is 0.309 e. The Labute approximate surface area is 473 Å². The molecule has 0 saturated carbocycles. The molecule has 0 amide bonds. The lowest BCUT2D eigenvalue weighted by Gasteiger charge is -2.10. The van der Waals surface area contributed by atoms with Gasteiger partial charge in [-0.2, -0.15) is 0 Å². The highest BCUT2D eigenvalue weighted by Gasteiger charge is 2.20. The summed E-state index contributed by atoms with van der Waals surface area (Å²) in [6, 6.07) is 112. The van der Waals surface area contributed by atoms with Crippen LogP contribution in [0.1, 0.15) is 0 Å². The first kappa shape index (κ1) is 46.0. The second-order valence-electron chi connectivity index (χ2n) is 21.7. The van der Waals surface area contributed by atoms with Gasteiger partial charge in [0.25, 0.3) is 0 Å². The van der Waals surface area contributed by atoms with Gasteiger partial charge in [-0.25, -0.2) is 0 Å². The van der Waals surface area contributed by atoms with Crippen molar-refractivity contribution in [1.29, 1.82) is 0 Å². The number of nitrogens with zero attached hydrogens (tertiary/aromatic N) is 4. The topological polar surface area (TPSA) is 19.7 Å². The first-order chi connectivity index (χ1) is 40.7. The molecule has 0 spiro atoms. The second-order valence-corrected chi connectivity index (χ2v) is 21.7. The van der Waals surface area contributed by atoms with E-state index in [4.69, 9.17) is 0 Å². The smallest absolute Gasteiger partial charge is 0.0541 e. The van der Waals surface area contributed by atoms with Crippen molar-refractivity contribution < 1.29 is 0 Å². The van der Waals surface area contributed by atoms with E-state index in [-0.39, 0.29) is 0 Å². The molecular formula is C78H50N4. The molecule has 0 radical (unpaired) electrons. The zero-order valence-corrected chi connectivity index (χ0v) is 44.7. The number of aromatic nitrogens is 4. The predicted octanol–water partition coefficient (Wildman–Crippen LogP) is 20.7. The van der Waals surface area contributed by atoms with E-state index < -0.39 is 0 Å². The van der Waals surface area contributed by atoms with Crippen LogP contribution in [0.4, 0.5) is 0 Å². The summed E-state index contributed by atoms with van der Waals surface area (Å²) in [5.41, 5.74) is 23.6. The molecule has 0 aliphatic carbocycles. The fraction of sp³-hybridized carbons (Fsp3) is 0. The normalized spacial score (nSPS) is 11.9. The van der Waals surface area contributed by atoms with Gasteiger partial charge in [-0.1, -0.05) is 164 Å². The highest BCUT2D eigenvalue weighted by molar-refractivity contribution is 6.15. The van der Waals surface area contributed by atoms with Crippen LogP contribution in [-0.4, -0.2) is 18.3 Å². The third-order valence-electron chi connectivity index (χ3n) is 17.1. The van der Waals surface area contributed by atoms with Crippen molar-refractivity contribution >= 4 is 87.2 Å². The maximum absolute atomic E-state index is 2.42. The summed E-state index contributed by atoms with van der Waals surface area (Å²) in [6.45, 7) is 0. The minimum atomic E-state index is 1.14. The lowest BCUT2D eigenvalue weighted by Crippen LogP contribution is -1.93. The van der Waals surface area contributed by atoms with Gasteiger partial charge in [0.05, 0.1) is 44.1 Å². The van der Waals surface area contributed by atoms with Gasteiger partial charge in [0, 0.05) is 65.8 Å². The van der Waals surface area contributed by atoms with Gasteiger partial charge in [0.2, 0.25) is 0 Å². The van der Waals surface area contributed by atoms with Crippen molar-refractivity contribution in [2.24, 2.45) is 0 Å². The fourth-order valence-electron chi connectivity index (χ4n) is 13.4. The predicted molar refractivity (Wildman–Crippen MR) is 346 cm³/mol. The summed E-state index contributed by atoms with van der Waals surface area (Å²) in [6.07, 6.45) is 0. The van der Waals surface area contributed by atoms with Crippen LogP contribution in [-0.2, 0) is 0 Å². The lowest BCUT2D eigenvalue weighted by molar-refractivity contribution is 1.18. The van der Waals surface area contributed by atoms with Crippen molar-refractivity contribution in [3.05, 3.63) is 303 Å². The molecule has 0 unspecified atom stereocenters. The van der Waals surface area contributed by atoms with E-state index in [0.29, 0.717) is 0 Å². The van der Waals surface area contributed by atoms with Crippen molar-refractivity contribution in [3.8, 4) is 67.3 Å². The van der Waals surface area contributed by atoms with Crippen molar-refractivity contribution in [3.63, 3.8) is 0 Å². The maximum atomic E-state index is 2.42. The van der Waals surface area contributed by atoms with Gasteiger partial charge in [0.15, 0.2) is 0 Å². The van der Waals surface area contributed by atoms with Gasteiger partial charge in [-0.3, -0.25) is 0 Å². The van der Waals surface area contributed by atoms with E-state index >= 15 is 0 Å². The van der Waals surface area contributed by atoms with E-state index in [9.17, 15) is 0 Å². The van der Waals surface area contributed by atoms with Gasteiger partial charge < -0.3 is 18.3 Å². The van der Waals surface area contributed by atoms with Crippen molar-refractivity contribution in [1.82, 2.24) is 18.3 Å². The van der Waals surface area contributed by atoms with Gasteiger partial charge in [0.1, 0.15) is 0 Å². The second kappa shape index (κ2) is 18.3. The van der Waals surface area contributed by atoms with E-state index in [0.717, 1.165) is 22.7 Å². The van der Waals surface area contributed by atoms with Gasteiger partial charge >= 0.3 is 0 Å². The highest BCUT2D eigenvalue weighted by Crippen LogP contribution is 2.43. The number of benzene rings is 13. The summed E-state index contributed by atoms with van der Waals surface area (Å²) in [7, 11) is 0. The first-order valence-electron chi connectivity index (χ1n) is 28.2. The molecule has 0 aliphatic heterocycles. The van der Waals surface area contributed by atoms with E-state index in [1.165, 1.54) is 132 Å². The third-order valence-corrected chi connectivity index (χ3v) is 17.1. The number of para-hydroxylation sites is 6. The molecule has 17 aromatic rings. The summed E-state index contributed by atoms with van der Waals surface area (Å²) in [5, 5.41) is 9.87. The average Bonchev–Trinajstić information content (AvgIpc) is 3.53. The molecule has 0 bridgehead atoms. The Morgan fingerprint density at radius 3 is 0.610 bits per heavy atom. The minimum Gasteiger partial charge on any atom is -0.309 e. The SMILES string of the molecule is c1ccc(-n2c3ccccc3c3cc(-c4ccc5c(c4)c4cc(-c6cccc(-c7ccc8c(c7)c7cc(-c9ccc%10c(c9)c9ccccc9n%10-c9ccccc9)ccc7n8-c7ccccc7)c6)ccc4n5-c4ccccc4)ccc32)cc1. The number of rotatable bonds is 8. The Balaban J connectivity index is 0.786. The average molecular weight is 1040 g/mol. The van der Waals surface area contributed by atoms with Gasteiger partial charge in [-0.05, 0) is 184 Å². The molecule has 0 N–H and O–H groups in total. The summed E-state index contributed by atoms with van der Waals surface area (Å²) in [4.78, 5) is 0. The van der Waals surface area contributed by atoms with Crippen LogP contribution in [0.25, 0.3) is 154 Å². The Morgan fingerprint density at radius 2 is 0.341 bits per heavy atom. The van der Waals surface area contributed by atoms with Gasteiger partial charge in [-0.15, -0.1) is 0 Å². The molecule has 82 heavy (non-hydrogen) atoms. The Hall–Kier alpha value is -10.9. The molecule has 4 nitrogen and oxygen atoms in total. The quantitative estimate of drug-likeness (QED) is 0.145. The Morgan fingerprint density at radius 1 is 0.134 bits per heavy atom. The van der Waals surface area contributed by atoms with E-state index in [2.05, 4.69) is 322 Å². The zero-order chi connectivity index (χ0) is 53.8. The molecule has 4 heteroatoms. The molecular weight excluding hydrogens is 993 g/mol. The van der Waals surface area contributed by atoms with Crippen LogP contribution in [0.3, 0.4) is 0 Å². The third kappa shape index (κ3) is 7.18. The molecule has 0 fully saturated rings. The fourth-order valence-corrected chi connectivity index (χ4v) is 13.4. The zero-order valence-electron chi connectivity index (χ0n) is 44.7. The standard InChI is InChI=1S/C78H50N4/c1-5-20-59(21-6-1)79-71-30-15-13-28-63(71)65-45-55(34-38-73(65)79)57-36-42-77-69(49-57)67-47-53(32-40-75(67)81(77)61-24-9-3-10-25-61)51-18-17-19-52(44-51)54-33-41-76-68(48-54)70-50-58(37-43-78(70)82(76)62-26-11-4-12-27-62)56-35-39-74-66(46-56)64-29-14-16-31-72(64)80(74)60-22-7-2-8-23-60/h1-50H. The molecule has 0 atom stereocenters. The number of hydrogen-bond donors (Lipinski definition) is 0. The summed E-state index contributed by atoms with van der Waals surface area (Å²) < 4.78 is 9.60. The molecule has 0 saturated heterocycles. The maximum Gasteiger partial charge on any atom is 0.0541 e. The summed E-state index contributed by atoms with van der Waals surface area (Å²) >= 11 is 0. The summed E-state index contributed by atoms with van der Waals surface area (Å²) in [5.74, 6) is 0. The first-order valence-corrected chi connectivity index (χ1v) is 28.2. The Kier molecular flexibility index (Phi) is 10.3. The number of hydrogen-bond acceptors (Lipinski definition) is 0. The van der Waals surface area contributed by atoms with Crippen LogP contribution in [0.2, 0.25) is 0 Å². The van der Waals surface area contributed by atoms with Crippen LogP contribution in [0.15, 0.2) is 303 Å². The van der Waals surface area contributed by atoms with Crippen molar-refractivity contribution in [2.45, 2.75) is 0 Å². The lowest BCUT2D eigenvalue weighted by atomic mass is 9.96. The Bertz CT molecular complexity index is 5040. The minimum absolute atomic E-state index is 1.14. The number of fused-ring (bicyclic) bond motifs is 12. The van der Waals surface area contributed by atoms with Crippen LogP contribution in [0, 0.1) is 0 Å². The van der Waals surface area contributed by atoms with E-state index in [1.807, 2.05) is 0 Å². The molecule has 4 aromatic heterocycles. The van der Waals surface area contributed by atoms with Crippen LogP contribution < -0.4 is 0 Å². The molecule has 4 heterocycles. The monoisotopic (exact) mass is 1040 g/mol. The molecule has 0 aliphatic rings. The molecule has 17 rings (SSSR count). The van der Waals surface area contributed by atoms with Crippen molar-refractivity contribution in [2.75, 3.05) is 0 Å².